The third-order valence-corrected chi connectivity index (χ3v) is 5.68. The summed E-state index contributed by atoms with van der Waals surface area (Å²) in [6.07, 6.45) is 3.16. The summed E-state index contributed by atoms with van der Waals surface area (Å²) in [5.41, 5.74) is 1.44. The van der Waals surface area contributed by atoms with E-state index in [1.165, 1.54) is 11.3 Å². The zero-order chi connectivity index (χ0) is 22.7. The van der Waals surface area contributed by atoms with Crippen LogP contribution < -0.4 is 10.2 Å². The predicted octanol–water partition coefficient (Wildman–Crippen LogP) is 3.64. The zero-order valence-corrected chi connectivity index (χ0v) is 19.1. The molecule has 1 N–H and O–H groups in total. The first-order chi connectivity index (χ1) is 15.3. The van der Waals surface area contributed by atoms with E-state index >= 15 is 0 Å². The standard InChI is InChI=1S/C22H26N6O3S/c1-22(2,3)31-21(30)27-13-11-26(12-14-27)18-8-5-4-7-16(18)24-19(29)17-15-32-20(25-17)28-10-6-9-23-28/h4-10,15H,11-14H2,1-3H3,(H,24,29). The highest BCUT2D eigenvalue weighted by Crippen LogP contribution is 2.28. The molecular formula is C22H26N6O3S. The molecule has 2 amide bonds. The van der Waals surface area contributed by atoms with Crippen molar-refractivity contribution in [1.29, 1.82) is 0 Å². The number of hydrogen-bond acceptors (Lipinski definition) is 7. The molecule has 1 aliphatic rings. The molecule has 4 rings (SSSR count). The summed E-state index contributed by atoms with van der Waals surface area (Å²) in [4.78, 5) is 33.4. The third-order valence-electron chi connectivity index (χ3n) is 4.85. The number of carbonyl (C=O) groups excluding carboxylic acids is 2. The molecule has 3 aromatic rings. The molecule has 0 saturated carbocycles. The van der Waals surface area contributed by atoms with Crippen LogP contribution in [-0.2, 0) is 4.74 Å². The van der Waals surface area contributed by atoms with Gasteiger partial charge in [0.1, 0.15) is 11.3 Å². The molecule has 10 heteroatoms. The SMILES string of the molecule is CC(C)(C)OC(=O)N1CCN(c2ccccc2NC(=O)c2csc(-n3cccn3)n2)CC1. The first-order valence-electron chi connectivity index (χ1n) is 10.4. The fourth-order valence-corrected chi connectivity index (χ4v) is 4.10. The second-order valence-corrected chi connectivity index (χ2v) is 9.23. The molecule has 0 aliphatic carbocycles. The molecule has 168 valence electrons. The van der Waals surface area contributed by atoms with Gasteiger partial charge < -0.3 is 19.9 Å². The van der Waals surface area contributed by atoms with E-state index in [1.54, 1.807) is 33.4 Å². The largest absolute Gasteiger partial charge is 0.444 e. The normalized spacial score (nSPS) is 14.3. The van der Waals surface area contributed by atoms with Gasteiger partial charge in [0.05, 0.1) is 11.4 Å². The van der Waals surface area contributed by atoms with E-state index < -0.39 is 5.60 Å². The Hall–Kier alpha value is -3.40. The van der Waals surface area contributed by atoms with Crippen LogP contribution in [0.25, 0.3) is 5.13 Å². The number of aromatic nitrogens is 3. The minimum absolute atomic E-state index is 0.278. The van der Waals surface area contributed by atoms with E-state index in [4.69, 9.17) is 4.74 Å². The van der Waals surface area contributed by atoms with Crippen LogP contribution in [0.1, 0.15) is 31.3 Å². The van der Waals surface area contributed by atoms with Crippen molar-refractivity contribution in [2.45, 2.75) is 26.4 Å². The van der Waals surface area contributed by atoms with Gasteiger partial charge >= 0.3 is 6.09 Å². The molecule has 0 bridgehead atoms. The van der Waals surface area contributed by atoms with Gasteiger partial charge in [0.15, 0.2) is 0 Å². The summed E-state index contributed by atoms with van der Waals surface area (Å²) in [5.74, 6) is -0.278. The van der Waals surface area contributed by atoms with E-state index in [0.717, 1.165) is 5.69 Å². The molecule has 1 aromatic carbocycles. The van der Waals surface area contributed by atoms with Gasteiger partial charge in [-0.2, -0.15) is 5.10 Å². The Balaban J connectivity index is 1.41. The highest BCUT2D eigenvalue weighted by molar-refractivity contribution is 7.12. The number of thiazole rings is 1. The summed E-state index contributed by atoms with van der Waals surface area (Å²) < 4.78 is 7.10. The van der Waals surface area contributed by atoms with Crippen LogP contribution >= 0.6 is 11.3 Å². The lowest BCUT2D eigenvalue weighted by Gasteiger charge is -2.37. The van der Waals surface area contributed by atoms with Crippen molar-refractivity contribution < 1.29 is 14.3 Å². The molecule has 0 radical (unpaired) electrons. The summed E-state index contributed by atoms with van der Waals surface area (Å²) in [7, 11) is 0. The fourth-order valence-electron chi connectivity index (χ4n) is 3.35. The second-order valence-electron chi connectivity index (χ2n) is 8.39. The number of carbonyl (C=O) groups is 2. The van der Waals surface area contributed by atoms with Gasteiger partial charge in [0, 0.05) is 44.0 Å². The minimum Gasteiger partial charge on any atom is -0.444 e. The molecular weight excluding hydrogens is 428 g/mol. The van der Waals surface area contributed by atoms with Gasteiger partial charge in [-0.3, -0.25) is 4.79 Å². The highest BCUT2D eigenvalue weighted by Gasteiger charge is 2.27. The zero-order valence-electron chi connectivity index (χ0n) is 18.3. The molecule has 32 heavy (non-hydrogen) atoms. The number of benzene rings is 1. The summed E-state index contributed by atoms with van der Waals surface area (Å²) >= 11 is 1.35. The maximum absolute atomic E-state index is 12.8. The average molecular weight is 455 g/mol. The first-order valence-corrected chi connectivity index (χ1v) is 11.3. The van der Waals surface area contributed by atoms with Gasteiger partial charge in [-0.15, -0.1) is 11.3 Å². The molecule has 0 unspecified atom stereocenters. The Bertz CT molecular complexity index is 1080. The number of hydrogen-bond donors (Lipinski definition) is 1. The van der Waals surface area contributed by atoms with Gasteiger partial charge in [-0.25, -0.2) is 14.5 Å². The van der Waals surface area contributed by atoms with Gasteiger partial charge in [-0.05, 0) is 39.0 Å². The number of nitrogens with zero attached hydrogens (tertiary/aromatic N) is 5. The second kappa shape index (κ2) is 8.99. The van der Waals surface area contributed by atoms with E-state index in [1.807, 2.05) is 45.0 Å². The van der Waals surface area contributed by atoms with E-state index in [0.29, 0.717) is 42.7 Å². The Kier molecular flexibility index (Phi) is 6.13. The summed E-state index contributed by atoms with van der Waals surface area (Å²) in [6, 6.07) is 9.46. The van der Waals surface area contributed by atoms with Crippen molar-refractivity contribution in [1.82, 2.24) is 19.7 Å². The molecule has 9 nitrogen and oxygen atoms in total. The van der Waals surface area contributed by atoms with Crippen molar-refractivity contribution in [3.63, 3.8) is 0 Å². The molecule has 1 saturated heterocycles. The molecule has 3 heterocycles. The molecule has 2 aromatic heterocycles. The van der Waals surface area contributed by atoms with Crippen LogP contribution in [0.5, 0.6) is 0 Å². The minimum atomic E-state index is -0.516. The van der Waals surface area contributed by atoms with Gasteiger partial charge in [0.25, 0.3) is 5.91 Å². The van der Waals surface area contributed by atoms with E-state index in [2.05, 4.69) is 20.3 Å². The summed E-state index contributed by atoms with van der Waals surface area (Å²) in [6.45, 7) is 7.98. The number of ether oxygens (including phenoxy) is 1. The number of para-hydroxylation sites is 2. The first kappa shape index (κ1) is 21.8. The van der Waals surface area contributed by atoms with Crippen LogP contribution in [0, 0.1) is 0 Å². The maximum Gasteiger partial charge on any atom is 0.410 e. The van der Waals surface area contributed by atoms with Gasteiger partial charge in [0.2, 0.25) is 5.13 Å². The topological polar surface area (TPSA) is 92.6 Å². The number of anilines is 2. The van der Waals surface area contributed by atoms with E-state index in [-0.39, 0.29) is 12.0 Å². The van der Waals surface area contributed by atoms with Crippen LogP contribution in [-0.4, -0.2) is 63.4 Å². The Morgan fingerprint density at radius 2 is 1.84 bits per heavy atom. The molecule has 0 spiro atoms. The number of piperazine rings is 1. The van der Waals surface area contributed by atoms with Crippen molar-refractivity contribution in [2.24, 2.45) is 0 Å². The van der Waals surface area contributed by atoms with Crippen LogP contribution in [0.2, 0.25) is 0 Å². The monoisotopic (exact) mass is 454 g/mol. The van der Waals surface area contributed by atoms with Crippen LogP contribution in [0.3, 0.4) is 0 Å². The summed E-state index contributed by atoms with van der Waals surface area (Å²) in [5, 5.41) is 9.47. The highest BCUT2D eigenvalue weighted by atomic mass is 32.1. The predicted molar refractivity (Wildman–Crippen MR) is 124 cm³/mol. The molecule has 1 aliphatic heterocycles. The Morgan fingerprint density at radius 1 is 1.09 bits per heavy atom. The molecule has 1 fully saturated rings. The maximum atomic E-state index is 12.8. The van der Waals surface area contributed by atoms with Crippen molar-refractivity contribution in [3.05, 3.63) is 53.8 Å². The fraction of sp³-hybridized carbons (Fsp3) is 0.364. The number of rotatable bonds is 4. The van der Waals surface area contributed by atoms with E-state index in [9.17, 15) is 9.59 Å². The number of amides is 2. The number of nitrogens with one attached hydrogen (secondary N) is 1. The Morgan fingerprint density at radius 3 is 2.53 bits per heavy atom. The van der Waals surface area contributed by atoms with Crippen molar-refractivity contribution >= 4 is 34.7 Å². The van der Waals surface area contributed by atoms with Crippen molar-refractivity contribution in [3.8, 4) is 5.13 Å². The van der Waals surface area contributed by atoms with Crippen LogP contribution in [0.4, 0.5) is 16.2 Å². The van der Waals surface area contributed by atoms with Crippen molar-refractivity contribution in [2.75, 3.05) is 36.4 Å². The van der Waals surface area contributed by atoms with Gasteiger partial charge in [-0.1, -0.05) is 12.1 Å². The quantitative estimate of drug-likeness (QED) is 0.647. The van der Waals surface area contributed by atoms with Crippen LogP contribution in [0.15, 0.2) is 48.1 Å². The molecule has 0 atom stereocenters. The lowest BCUT2D eigenvalue weighted by molar-refractivity contribution is 0.0240. The lowest BCUT2D eigenvalue weighted by Crippen LogP contribution is -2.50. The average Bonchev–Trinajstić information content (AvgIpc) is 3.45. The smallest absolute Gasteiger partial charge is 0.410 e. The third kappa shape index (κ3) is 5.08. The lowest BCUT2D eigenvalue weighted by atomic mass is 10.2. The Labute approximate surface area is 190 Å².